The van der Waals surface area contributed by atoms with Crippen LogP contribution < -0.4 is 5.73 Å². The van der Waals surface area contributed by atoms with Crippen molar-refractivity contribution >= 4 is 27.5 Å². The van der Waals surface area contributed by atoms with Crippen molar-refractivity contribution in [3.05, 3.63) is 33.3 Å². The van der Waals surface area contributed by atoms with Gasteiger partial charge < -0.3 is 15.7 Å². The molecular formula is C15H23BrClN3O. The summed E-state index contributed by atoms with van der Waals surface area (Å²) < 4.78 is 0.975. The Hall–Kier alpha value is -0.170. The standard InChI is InChI=1S/C15H23BrClN3O/c16-12-1-2-13(14(17)11-12)15(18)3-4-19-5-7-20(8-6-19)9-10-21/h1-2,11,15,21H,3-10,18H2. The molecule has 1 aromatic rings. The fraction of sp³-hybridized carbons (Fsp3) is 0.600. The van der Waals surface area contributed by atoms with Crippen LogP contribution in [0.3, 0.4) is 0 Å². The number of piperazine rings is 1. The SMILES string of the molecule is NC(CCN1CCN(CCO)CC1)c1ccc(Br)cc1Cl. The normalized spacial score (nSPS) is 18.9. The molecule has 1 aromatic carbocycles. The van der Waals surface area contributed by atoms with Crippen LogP contribution in [0.1, 0.15) is 18.0 Å². The first-order valence-corrected chi connectivity index (χ1v) is 8.53. The fourth-order valence-electron chi connectivity index (χ4n) is 2.66. The number of nitrogens with zero attached hydrogens (tertiary/aromatic N) is 2. The van der Waals surface area contributed by atoms with Gasteiger partial charge in [0.15, 0.2) is 0 Å². The Morgan fingerprint density at radius 2 is 1.81 bits per heavy atom. The van der Waals surface area contributed by atoms with Crippen molar-refractivity contribution in [3.8, 4) is 0 Å². The summed E-state index contributed by atoms with van der Waals surface area (Å²) in [6, 6.07) is 5.84. The molecule has 0 spiro atoms. The van der Waals surface area contributed by atoms with E-state index in [-0.39, 0.29) is 12.6 Å². The Kier molecular flexibility index (Phi) is 6.92. The number of β-amino-alcohol motifs (C(OH)–C–C–N with tert-alkyl or cyclic N) is 1. The summed E-state index contributed by atoms with van der Waals surface area (Å²) in [4.78, 5) is 4.72. The molecule has 1 aliphatic rings. The first kappa shape index (κ1) is 17.2. The molecule has 1 unspecified atom stereocenters. The highest BCUT2D eigenvalue weighted by atomic mass is 79.9. The van der Waals surface area contributed by atoms with Gasteiger partial charge in [-0.15, -0.1) is 0 Å². The summed E-state index contributed by atoms with van der Waals surface area (Å²) in [5, 5.41) is 9.67. The number of halogens is 2. The second kappa shape index (κ2) is 8.46. The van der Waals surface area contributed by atoms with Crippen molar-refractivity contribution in [2.45, 2.75) is 12.5 Å². The van der Waals surface area contributed by atoms with Gasteiger partial charge >= 0.3 is 0 Å². The van der Waals surface area contributed by atoms with Crippen molar-refractivity contribution < 1.29 is 5.11 Å². The van der Waals surface area contributed by atoms with E-state index < -0.39 is 0 Å². The van der Waals surface area contributed by atoms with E-state index in [1.165, 1.54) is 0 Å². The van der Waals surface area contributed by atoms with E-state index in [2.05, 4.69) is 25.7 Å². The molecule has 1 heterocycles. The predicted molar refractivity (Wildman–Crippen MR) is 90.7 cm³/mol. The summed E-state index contributed by atoms with van der Waals surface area (Å²) in [5.41, 5.74) is 7.28. The molecule has 0 aromatic heterocycles. The summed E-state index contributed by atoms with van der Waals surface area (Å²) in [5.74, 6) is 0. The van der Waals surface area contributed by atoms with Crippen LogP contribution in [0, 0.1) is 0 Å². The Balaban J connectivity index is 1.78. The van der Waals surface area contributed by atoms with Crippen molar-refractivity contribution in [2.75, 3.05) is 45.9 Å². The van der Waals surface area contributed by atoms with Gasteiger partial charge in [-0.3, -0.25) is 4.90 Å². The lowest BCUT2D eigenvalue weighted by molar-refractivity contribution is 0.110. The maximum Gasteiger partial charge on any atom is 0.0558 e. The Bertz CT molecular complexity index is 453. The number of aliphatic hydroxyl groups is 1. The number of benzene rings is 1. The van der Waals surface area contributed by atoms with Crippen LogP contribution in [0.2, 0.25) is 5.02 Å². The Morgan fingerprint density at radius 1 is 1.19 bits per heavy atom. The quantitative estimate of drug-likeness (QED) is 0.798. The van der Waals surface area contributed by atoms with Gasteiger partial charge in [0.2, 0.25) is 0 Å². The van der Waals surface area contributed by atoms with Gasteiger partial charge in [-0.05, 0) is 24.1 Å². The highest BCUT2D eigenvalue weighted by Gasteiger charge is 2.18. The number of hydrogen-bond donors (Lipinski definition) is 2. The third kappa shape index (κ3) is 5.20. The van der Waals surface area contributed by atoms with Crippen molar-refractivity contribution in [1.29, 1.82) is 0 Å². The number of aliphatic hydroxyl groups excluding tert-OH is 1. The molecule has 1 aliphatic heterocycles. The topological polar surface area (TPSA) is 52.7 Å². The third-order valence-corrected chi connectivity index (χ3v) is 4.82. The monoisotopic (exact) mass is 375 g/mol. The second-order valence-corrected chi connectivity index (χ2v) is 6.79. The van der Waals surface area contributed by atoms with Crippen LogP contribution in [0.5, 0.6) is 0 Å². The van der Waals surface area contributed by atoms with Crippen LogP contribution in [0.4, 0.5) is 0 Å². The molecule has 3 N–H and O–H groups in total. The van der Waals surface area contributed by atoms with Gasteiger partial charge in [0, 0.05) is 54.8 Å². The van der Waals surface area contributed by atoms with E-state index in [0.29, 0.717) is 0 Å². The molecule has 0 saturated carbocycles. The largest absolute Gasteiger partial charge is 0.395 e. The van der Waals surface area contributed by atoms with Gasteiger partial charge in [0.1, 0.15) is 0 Å². The lowest BCUT2D eigenvalue weighted by atomic mass is 10.0. The zero-order valence-corrected chi connectivity index (χ0v) is 14.5. The van der Waals surface area contributed by atoms with Crippen molar-refractivity contribution in [1.82, 2.24) is 9.80 Å². The molecular weight excluding hydrogens is 354 g/mol. The minimum Gasteiger partial charge on any atom is -0.395 e. The summed E-state index contributed by atoms with van der Waals surface area (Å²) in [7, 11) is 0. The number of hydrogen-bond acceptors (Lipinski definition) is 4. The molecule has 0 radical (unpaired) electrons. The molecule has 1 saturated heterocycles. The minimum atomic E-state index is -0.0268. The molecule has 0 amide bonds. The molecule has 118 valence electrons. The average Bonchev–Trinajstić information content (AvgIpc) is 2.46. The van der Waals surface area contributed by atoms with Crippen LogP contribution in [-0.4, -0.2) is 60.8 Å². The Morgan fingerprint density at radius 3 is 2.38 bits per heavy atom. The number of nitrogens with two attached hydrogens (primary N) is 1. The smallest absolute Gasteiger partial charge is 0.0558 e. The molecule has 1 atom stereocenters. The highest BCUT2D eigenvalue weighted by molar-refractivity contribution is 9.10. The van der Waals surface area contributed by atoms with E-state index in [4.69, 9.17) is 22.4 Å². The van der Waals surface area contributed by atoms with Crippen molar-refractivity contribution in [3.63, 3.8) is 0 Å². The third-order valence-electron chi connectivity index (χ3n) is 4.00. The van der Waals surface area contributed by atoms with Crippen molar-refractivity contribution in [2.24, 2.45) is 5.73 Å². The maximum absolute atomic E-state index is 8.94. The number of rotatable bonds is 6. The minimum absolute atomic E-state index is 0.0268. The van der Waals surface area contributed by atoms with Crippen LogP contribution in [0.25, 0.3) is 0 Å². The summed E-state index contributed by atoms with van der Waals surface area (Å²) in [6.45, 7) is 6.14. The molecule has 21 heavy (non-hydrogen) atoms. The first-order chi connectivity index (χ1) is 10.1. The average molecular weight is 377 g/mol. The van der Waals surface area contributed by atoms with Gasteiger partial charge in [0.25, 0.3) is 0 Å². The molecule has 6 heteroatoms. The molecule has 1 fully saturated rings. The lowest BCUT2D eigenvalue weighted by Gasteiger charge is -2.34. The molecule has 0 bridgehead atoms. The van der Waals surface area contributed by atoms with Gasteiger partial charge in [-0.2, -0.15) is 0 Å². The highest BCUT2D eigenvalue weighted by Crippen LogP contribution is 2.27. The second-order valence-electron chi connectivity index (χ2n) is 5.47. The van der Waals surface area contributed by atoms with Crippen LogP contribution in [-0.2, 0) is 0 Å². The van der Waals surface area contributed by atoms with Gasteiger partial charge in [-0.25, -0.2) is 0 Å². The van der Waals surface area contributed by atoms with E-state index in [1.807, 2.05) is 18.2 Å². The molecule has 0 aliphatic carbocycles. The zero-order chi connectivity index (χ0) is 15.2. The lowest BCUT2D eigenvalue weighted by Crippen LogP contribution is -2.47. The summed E-state index contributed by atoms with van der Waals surface area (Å²) >= 11 is 9.66. The van der Waals surface area contributed by atoms with Gasteiger partial charge in [0.05, 0.1) is 6.61 Å². The zero-order valence-electron chi connectivity index (χ0n) is 12.1. The maximum atomic E-state index is 8.94. The molecule has 4 nitrogen and oxygen atoms in total. The van der Waals surface area contributed by atoms with Gasteiger partial charge in [-0.1, -0.05) is 33.6 Å². The summed E-state index contributed by atoms with van der Waals surface area (Å²) in [6.07, 6.45) is 0.904. The Labute approximate surface area is 140 Å². The molecule has 2 rings (SSSR count). The van der Waals surface area contributed by atoms with E-state index in [9.17, 15) is 0 Å². The van der Waals surface area contributed by atoms with E-state index >= 15 is 0 Å². The fourth-order valence-corrected chi connectivity index (χ4v) is 3.47. The predicted octanol–water partition coefficient (Wildman–Crippen LogP) is 2.10. The van der Waals surface area contributed by atoms with E-state index in [1.54, 1.807) is 0 Å². The van der Waals surface area contributed by atoms with Crippen LogP contribution in [0.15, 0.2) is 22.7 Å². The first-order valence-electron chi connectivity index (χ1n) is 7.36. The van der Waals surface area contributed by atoms with Crippen LogP contribution >= 0.6 is 27.5 Å². The van der Waals surface area contributed by atoms with E-state index in [0.717, 1.165) is 60.7 Å².